The fraction of sp³-hybridized carbons (Fsp3) is 0.409. The summed E-state index contributed by atoms with van der Waals surface area (Å²) < 4.78 is 46.1. The number of hydrogen-bond donors (Lipinski definition) is 1. The van der Waals surface area contributed by atoms with Crippen molar-refractivity contribution < 1.29 is 22.3 Å². The van der Waals surface area contributed by atoms with E-state index in [4.69, 9.17) is 16.3 Å². The zero-order valence-corrected chi connectivity index (χ0v) is 19.9. The smallest absolute Gasteiger partial charge is 0.243 e. The van der Waals surface area contributed by atoms with Crippen LogP contribution in [0, 0.1) is 5.82 Å². The van der Waals surface area contributed by atoms with Crippen molar-refractivity contribution in [2.24, 2.45) is 0 Å². The minimum Gasteiger partial charge on any atom is -0.492 e. The molecule has 6 nitrogen and oxygen atoms in total. The fourth-order valence-electron chi connectivity index (χ4n) is 3.26. The van der Waals surface area contributed by atoms with Crippen LogP contribution in [0.2, 0.25) is 5.02 Å². The fourth-order valence-corrected chi connectivity index (χ4v) is 5.78. The lowest BCUT2D eigenvalue weighted by Crippen LogP contribution is -2.35. The first-order valence-electron chi connectivity index (χ1n) is 10.4. The van der Waals surface area contributed by atoms with Crippen molar-refractivity contribution in [3.63, 3.8) is 0 Å². The van der Waals surface area contributed by atoms with E-state index >= 15 is 0 Å². The van der Waals surface area contributed by atoms with Gasteiger partial charge in [-0.3, -0.25) is 4.79 Å². The molecule has 0 radical (unpaired) electrons. The summed E-state index contributed by atoms with van der Waals surface area (Å²) in [5.41, 5.74) is 0.501. The van der Waals surface area contributed by atoms with E-state index in [9.17, 15) is 17.6 Å². The van der Waals surface area contributed by atoms with E-state index in [2.05, 4.69) is 5.32 Å². The van der Waals surface area contributed by atoms with Crippen LogP contribution in [0.15, 0.2) is 47.4 Å². The van der Waals surface area contributed by atoms with Crippen molar-refractivity contribution in [1.82, 2.24) is 9.62 Å². The van der Waals surface area contributed by atoms with E-state index < -0.39 is 10.0 Å². The topological polar surface area (TPSA) is 75.7 Å². The van der Waals surface area contributed by atoms with Crippen molar-refractivity contribution in [1.29, 1.82) is 0 Å². The molecule has 0 bridgehead atoms. The predicted molar refractivity (Wildman–Crippen MR) is 125 cm³/mol. The van der Waals surface area contributed by atoms with Gasteiger partial charge in [0.2, 0.25) is 15.9 Å². The number of carbonyl (C=O) groups is 1. The number of thioether (sulfide) groups is 1. The molecule has 0 aromatic heterocycles. The maximum absolute atomic E-state index is 13.7. The van der Waals surface area contributed by atoms with Gasteiger partial charge in [0.05, 0.1) is 17.2 Å². The highest BCUT2D eigenvalue weighted by atomic mass is 35.5. The van der Waals surface area contributed by atoms with Crippen molar-refractivity contribution in [2.75, 3.05) is 32.0 Å². The van der Waals surface area contributed by atoms with E-state index in [1.54, 1.807) is 36.4 Å². The number of piperidine rings is 1. The third-order valence-corrected chi connectivity index (χ3v) is 8.10. The normalized spacial score (nSPS) is 14.8. The highest BCUT2D eigenvalue weighted by Gasteiger charge is 2.25. The molecule has 0 atom stereocenters. The number of carbonyl (C=O) groups excluding carboxylic acids is 1. The summed E-state index contributed by atoms with van der Waals surface area (Å²) in [6.45, 7) is 1.68. The molecule has 174 valence electrons. The number of rotatable bonds is 10. The molecule has 1 saturated heterocycles. The molecule has 1 amide bonds. The van der Waals surface area contributed by atoms with Crippen LogP contribution < -0.4 is 10.1 Å². The second kappa shape index (κ2) is 11.9. The van der Waals surface area contributed by atoms with Gasteiger partial charge in [0, 0.05) is 23.9 Å². The SMILES string of the molecule is O=C(CSCc1ccc(Cl)cc1F)NCCOc1ccc(S(=O)(=O)N2CCCCC2)cc1. The summed E-state index contributed by atoms with van der Waals surface area (Å²) in [4.78, 5) is 12.2. The van der Waals surface area contributed by atoms with E-state index in [1.807, 2.05) is 0 Å². The minimum atomic E-state index is -3.46. The Hall–Kier alpha value is -1.81. The molecule has 2 aromatic carbocycles. The van der Waals surface area contributed by atoms with Gasteiger partial charge in [0.15, 0.2) is 0 Å². The van der Waals surface area contributed by atoms with Gasteiger partial charge in [0.1, 0.15) is 18.2 Å². The molecule has 1 N–H and O–H groups in total. The van der Waals surface area contributed by atoms with Gasteiger partial charge >= 0.3 is 0 Å². The van der Waals surface area contributed by atoms with Crippen LogP contribution in [0.5, 0.6) is 5.75 Å². The van der Waals surface area contributed by atoms with Gasteiger partial charge in [0.25, 0.3) is 0 Å². The van der Waals surface area contributed by atoms with Crippen LogP contribution in [-0.4, -0.2) is 50.6 Å². The Bertz CT molecular complexity index is 1010. The first-order valence-corrected chi connectivity index (χ1v) is 13.3. The van der Waals surface area contributed by atoms with E-state index in [0.717, 1.165) is 19.3 Å². The van der Waals surface area contributed by atoms with E-state index in [0.29, 0.717) is 41.7 Å². The summed E-state index contributed by atoms with van der Waals surface area (Å²) in [5, 5.41) is 3.08. The molecule has 3 rings (SSSR count). The molecule has 32 heavy (non-hydrogen) atoms. The number of sulfonamides is 1. The van der Waals surface area contributed by atoms with Crippen molar-refractivity contribution >= 4 is 39.3 Å². The summed E-state index contributed by atoms with van der Waals surface area (Å²) >= 11 is 7.03. The number of nitrogens with one attached hydrogen (secondary N) is 1. The van der Waals surface area contributed by atoms with Crippen LogP contribution in [0.4, 0.5) is 4.39 Å². The zero-order chi connectivity index (χ0) is 23.0. The molecule has 0 aliphatic carbocycles. The Morgan fingerprint density at radius 1 is 1.12 bits per heavy atom. The molecule has 0 spiro atoms. The highest BCUT2D eigenvalue weighted by Crippen LogP contribution is 2.23. The Kier molecular flexibility index (Phi) is 9.22. The van der Waals surface area contributed by atoms with Crippen LogP contribution in [0.25, 0.3) is 0 Å². The standard InChI is InChI=1S/C22H26ClFN2O4S2/c23-18-5-4-17(21(24)14-18)15-31-16-22(27)25-10-13-30-19-6-8-20(9-7-19)32(28,29)26-11-2-1-3-12-26/h4-9,14H,1-3,10-13,15-16H2,(H,25,27). The molecular weight excluding hydrogens is 475 g/mol. The Balaban J connectivity index is 1.35. The second-order valence-electron chi connectivity index (χ2n) is 7.36. The average molecular weight is 501 g/mol. The third-order valence-electron chi connectivity index (χ3n) is 4.98. The molecule has 1 fully saturated rings. The number of amides is 1. The van der Waals surface area contributed by atoms with Crippen molar-refractivity contribution in [2.45, 2.75) is 29.9 Å². The molecule has 0 saturated carbocycles. The summed E-state index contributed by atoms with van der Waals surface area (Å²) in [7, 11) is -3.46. The van der Waals surface area contributed by atoms with Gasteiger partial charge in [-0.05, 0) is 54.8 Å². The number of benzene rings is 2. The molecule has 1 heterocycles. The highest BCUT2D eigenvalue weighted by molar-refractivity contribution is 7.99. The zero-order valence-electron chi connectivity index (χ0n) is 17.6. The minimum absolute atomic E-state index is 0.170. The molecule has 1 aliphatic rings. The van der Waals surface area contributed by atoms with Crippen LogP contribution in [0.1, 0.15) is 24.8 Å². The molecule has 10 heteroatoms. The monoisotopic (exact) mass is 500 g/mol. The van der Waals surface area contributed by atoms with Crippen LogP contribution in [0.3, 0.4) is 0 Å². The lowest BCUT2D eigenvalue weighted by Gasteiger charge is -2.25. The number of ether oxygens (including phenoxy) is 1. The Morgan fingerprint density at radius 3 is 2.53 bits per heavy atom. The molecule has 2 aromatic rings. The van der Waals surface area contributed by atoms with Gasteiger partial charge in [-0.15, -0.1) is 11.8 Å². The maximum Gasteiger partial charge on any atom is 0.243 e. The lowest BCUT2D eigenvalue weighted by molar-refractivity contribution is -0.118. The molecule has 0 unspecified atom stereocenters. The number of hydrogen-bond acceptors (Lipinski definition) is 5. The number of nitrogens with zero attached hydrogens (tertiary/aromatic N) is 1. The average Bonchev–Trinajstić information content (AvgIpc) is 2.79. The quantitative estimate of drug-likeness (QED) is 0.497. The van der Waals surface area contributed by atoms with Gasteiger partial charge in [-0.25, -0.2) is 12.8 Å². The van der Waals surface area contributed by atoms with Gasteiger partial charge in [-0.2, -0.15) is 4.31 Å². The Labute approximate surface area is 197 Å². The van der Waals surface area contributed by atoms with Gasteiger partial charge < -0.3 is 10.1 Å². The number of halogens is 2. The first kappa shape index (κ1) is 24.8. The second-order valence-corrected chi connectivity index (χ2v) is 10.7. The van der Waals surface area contributed by atoms with Gasteiger partial charge in [-0.1, -0.05) is 24.1 Å². The summed E-state index contributed by atoms with van der Waals surface area (Å²) in [6, 6.07) is 10.8. The summed E-state index contributed by atoms with van der Waals surface area (Å²) in [5.74, 6) is 0.555. The molecule has 1 aliphatic heterocycles. The Morgan fingerprint density at radius 2 is 1.84 bits per heavy atom. The van der Waals surface area contributed by atoms with E-state index in [1.165, 1.54) is 22.1 Å². The predicted octanol–water partition coefficient (Wildman–Crippen LogP) is 4.08. The van der Waals surface area contributed by atoms with Crippen LogP contribution in [-0.2, 0) is 20.6 Å². The van der Waals surface area contributed by atoms with Crippen LogP contribution >= 0.6 is 23.4 Å². The van der Waals surface area contributed by atoms with Crippen molar-refractivity contribution in [3.05, 3.63) is 58.9 Å². The third kappa shape index (κ3) is 7.10. The lowest BCUT2D eigenvalue weighted by atomic mass is 10.2. The largest absolute Gasteiger partial charge is 0.492 e. The van der Waals surface area contributed by atoms with Crippen molar-refractivity contribution in [3.8, 4) is 5.75 Å². The first-order chi connectivity index (χ1) is 15.4. The summed E-state index contributed by atoms with van der Waals surface area (Å²) in [6.07, 6.45) is 2.85. The molecular formula is C22H26ClFN2O4S2. The maximum atomic E-state index is 13.7. The van der Waals surface area contributed by atoms with E-state index in [-0.39, 0.29) is 29.0 Å².